The van der Waals surface area contributed by atoms with Crippen LogP contribution in [0.1, 0.15) is 29.8 Å². The lowest BCUT2D eigenvalue weighted by Gasteiger charge is -2.10. The molecule has 0 saturated heterocycles. The number of ketones is 1. The van der Waals surface area contributed by atoms with Crippen LogP contribution in [0.15, 0.2) is 48.5 Å². The van der Waals surface area contributed by atoms with E-state index < -0.39 is 0 Å². The van der Waals surface area contributed by atoms with E-state index in [1.54, 1.807) is 6.92 Å². The van der Waals surface area contributed by atoms with Crippen LogP contribution >= 0.6 is 0 Å². The summed E-state index contributed by atoms with van der Waals surface area (Å²) in [5.41, 5.74) is 5.31. The van der Waals surface area contributed by atoms with Gasteiger partial charge in [0.2, 0.25) is 0 Å². The van der Waals surface area contributed by atoms with Gasteiger partial charge in [0.05, 0.1) is 11.3 Å². The number of rotatable bonds is 3. The summed E-state index contributed by atoms with van der Waals surface area (Å²) in [6.45, 7) is 6.69. The molecule has 0 saturated carbocycles. The molecule has 0 aliphatic heterocycles. The van der Waals surface area contributed by atoms with Gasteiger partial charge >= 0.3 is 0 Å². The fourth-order valence-corrected chi connectivity index (χ4v) is 3.00. The Morgan fingerprint density at radius 1 is 1.05 bits per heavy atom. The minimum absolute atomic E-state index is 0.119. The summed E-state index contributed by atoms with van der Waals surface area (Å²) in [5, 5.41) is 1.04. The zero-order valence-electron chi connectivity index (χ0n) is 12.7. The van der Waals surface area contributed by atoms with Crippen molar-refractivity contribution in [2.75, 3.05) is 0 Å². The van der Waals surface area contributed by atoms with Crippen LogP contribution in [0.2, 0.25) is 0 Å². The highest BCUT2D eigenvalue weighted by atomic mass is 16.1. The van der Waals surface area contributed by atoms with Gasteiger partial charge in [0, 0.05) is 17.4 Å². The second-order valence-electron chi connectivity index (χ2n) is 5.41. The first-order valence-electron chi connectivity index (χ1n) is 7.32. The third-order valence-electron chi connectivity index (χ3n) is 3.96. The van der Waals surface area contributed by atoms with Gasteiger partial charge in [-0.3, -0.25) is 4.79 Å². The van der Waals surface area contributed by atoms with E-state index in [2.05, 4.69) is 48.7 Å². The molecule has 0 bridgehead atoms. The van der Waals surface area contributed by atoms with Gasteiger partial charge in [-0.1, -0.05) is 48.0 Å². The van der Waals surface area contributed by atoms with Gasteiger partial charge in [-0.2, -0.15) is 0 Å². The molecule has 1 heterocycles. The van der Waals surface area contributed by atoms with Crippen LogP contribution in [-0.4, -0.2) is 10.4 Å². The average Bonchev–Trinajstić information content (AvgIpc) is 2.82. The predicted octanol–water partition coefficient (Wildman–Crippen LogP) is 4.84. The average molecular weight is 277 g/mol. The van der Waals surface area contributed by atoms with Crippen LogP contribution in [0.5, 0.6) is 0 Å². The summed E-state index contributed by atoms with van der Waals surface area (Å²) >= 11 is 0. The Morgan fingerprint density at radius 3 is 2.33 bits per heavy atom. The monoisotopic (exact) mass is 277 g/mol. The number of hydrogen-bond acceptors (Lipinski definition) is 1. The molecule has 106 valence electrons. The number of carbonyl (C=O) groups is 1. The number of benzene rings is 2. The van der Waals surface area contributed by atoms with Gasteiger partial charge in [-0.25, -0.2) is 0 Å². The molecule has 0 atom stereocenters. The van der Waals surface area contributed by atoms with Crippen LogP contribution in [0.25, 0.3) is 22.2 Å². The number of Topliss-reactive ketones (excluding diaryl/α,β-unsaturated/α-hetero) is 1. The first kappa shape index (κ1) is 13.6. The summed E-state index contributed by atoms with van der Waals surface area (Å²) in [7, 11) is 0. The zero-order chi connectivity index (χ0) is 15.0. The Kier molecular flexibility index (Phi) is 3.38. The molecule has 21 heavy (non-hydrogen) atoms. The number of aromatic nitrogens is 1. The molecule has 2 nitrogen and oxygen atoms in total. The van der Waals surface area contributed by atoms with Gasteiger partial charge in [-0.05, 0) is 32.4 Å². The third-order valence-corrected chi connectivity index (χ3v) is 3.96. The van der Waals surface area contributed by atoms with Gasteiger partial charge in [0.1, 0.15) is 0 Å². The van der Waals surface area contributed by atoms with Crippen LogP contribution in [-0.2, 0) is 6.54 Å². The molecule has 0 fully saturated rings. The van der Waals surface area contributed by atoms with E-state index in [1.807, 2.05) is 18.2 Å². The molecule has 0 aliphatic carbocycles. The number of fused-ring (bicyclic) bond motifs is 1. The summed E-state index contributed by atoms with van der Waals surface area (Å²) in [4.78, 5) is 12.2. The molecule has 3 rings (SSSR count). The Hall–Kier alpha value is -2.35. The quantitative estimate of drug-likeness (QED) is 0.628. The highest BCUT2D eigenvalue weighted by Crippen LogP contribution is 2.34. The van der Waals surface area contributed by atoms with Crippen molar-refractivity contribution < 1.29 is 4.79 Å². The van der Waals surface area contributed by atoms with Crippen LogP contribution in [0.3, 0.4) is 0 Å². The molecule has 3 aromatic rings. The first-order chi connectivity index (χ1) is 10.1. The number of hydrogen-bond donors (Lipinski definition) is 0. The van der Waals surface area contributed by atoms with Crippen molar-refractivity contribution in [3.8, 4) is 11.3 Å². The van der Waals surface area contributed by atoms with E-state index >= 15 is 0 Å². The van der Waals surface area contributed by atoms with Crippen molar-refractivity contribution in [2.45, 2.75) is 27.3 Å². The summed E-state index contributed by atoms with van der Waals surface area (Å²) < 4.78 is 2.23. The van der Waals surface area contributed by atoms with Crippen molar-refractivity contribution >= 4 is 16.7 Å². The topological polar surface area (TPSA) is 22.0 Å². The maximum atomic E-state index is 12.2. The molecule has 1 aromatic heterocycles. The van der Waals surface area contributed by atoms with Crippen LogP contribution in [0, 0.1) is 6.92 Å². The van der Waals surface area contributed by atoms with Crippen LogP contribution in [0.4, 0.5) is 0 Å². The summed E-state index contributed by atoms with van der Waals surface area (Å²) in [6, 6.07) is 16.5. The number of para-hydroxylation sites is 1. The fraction of sp³-hybridized carbons (Fsp3) is 0.211. The number of aryl methyl sites for hydroxylation is 2. The third kappa shape index (κ3) is 2.17. The van der Waals surface area contributed by atoms with Gasteiger partial charge in [0.25, 0.3) is 0 Å². The molecule has 0 radical (unpaired) electrons. The number of nitrogens with zero attached hydrogens (tertiary/aromatic N) is 1. The lowest BCUT2D eigenvalue weighted by Crippen LogP contribution is -2.00. The molecule has 2 aromatic carbocycles. The maximum absolute atomic E-state index is 12.2. The van der Waals surface area contributed by atoms with Crippen molar-refractivity contribution in [3.05, 3.63) is 59.7 Å². The SMILES string of the molecule is CCn1c(-c2ccc(C)cc2)c(C(C)=O)c2ccccc21. The highest BCUT2D eigenvalue weighted by molar-refractivity contribution is 6.12. The fourth-order valence-electron chi connectivity index (χ4n) is 3.00. The number of carbonyl (C=O) groups excluding carboxylic acids is 1. The normalized spacial score (nSPS) is 11.0. The second kappa shape index (κ2) is 5.21. The summed E-state index contributed by atoms with van der Waals surface area (Å²) in [6.07, 6.45) is 0. The van der Waals surface area contributed by atoms with Gasteiger partial charge in [-0.15, -0.1) is 0 Å². The molecule has 2 heteroatoms. The lowest BCUT2D eigenvalue weighted by atomic mass is 10.0. The molecular formula is C19H19NO. The van der Waals surface area contributed by atoms with Crippen molar-refractivity contribution in [3.63, 3.8) is 0 Å². The van der Waals surface area contributed by atoms with Gasteiger partial charge in [0.15, 0.2) is 5.78 Å². The molecular weight excluding hydrogens is 258 g/mol. The van der Waals surface area contributed by atoms with Crippen molar-refractivity contribution in [1.82, 2.24) is 4.57 Å². The largest absolute Gasteiger partial charge is 0.340 e. The molecule has 0 N–H and O–H groups in total. The van der Waals surface area contributed by atoms with E-state index in [1.165, 1.54) is 5.56 Å². The second-order valence-corrected chi connectivity index (χ2v) is 5.41. The summed E-state index contributed by atoms with van der Waals surface area (Å²) in [5.74, 6) is 0.119. The minimum Gasteiger partial charge on any atom is -0.340 e. The standard InChI is InChI=1S/C19H19NO/c1-4-20-17-8-6-5-7-16(17)18(14(3)21)19(20)15-11-9-13(2)10-12-15/h5-12H,4H2,1-3H3. The maximum Gasteiger partial charge on any atom is 0.162 e. The first-order valence-corrected chi connectivity index (χ1v) is 7.32. The Balaban J connectivity index is 2.42. The zero-order valence-corrected chi connectivity index (χ0v) is 12.7. The van der Waals surface area contributed by atoms with Crippen molar-refractivity contribution in [2.24, 2.45) is 0 Å². The molecule has 0 aliphatic rings. The van der Waals surface area contributed by atoms with E-state index in [9.17, 15) is 4.79 Å². The van der Waals surface area contributed by atoms with Gasteiger partial charge < -0.3 is 4.57 Å². The van der Waals surface area contributed by atoms with Crippen LogP contribution < -0.4 is 0 Å². The Morgan fingerprint density at radius 2 is 1.71 bits per heavy atom. The minimum atomic E-state index is 0.119. The van der Waals surface area contributed by atoms with E-state index in [0.29, 0.717) is 0 Å². The smallest absolute Gasteiger partial charge is 0.162 e. The highest BCUT2D eigenvalue weighted by Gasteiger charge is 2.20. The lowest BCUT2D eigenvalue weighted by molar-refractivity contribution is 0.101. The molecule has 0 unspecified atom stereocenters. The van der Waals surface area contributed by atoms with Crippen molar-refractivity contribution in [1.29, 1.82) is 0 Å². The Bertz CT molecular complexity index is 809. The van der Waals surface area contributed by atoms with E-state index in [0.717, 1.165) is 34.3 Å². The molecule has 0 spiro atoms. The molecule has 0 amide bonds. The van der Waals surface area contributed by atoms with E-state index in [-0.39, 0.29) is 5.78 Å². The predicted molar refractivity (Wildman–Crippen MR) is 87.8 cm³/mol. The Labute approximate surface area is 125 Å². The van der Waals surface area contributed by atoms with E-state index in [4.69, 9.17) is 0 Å².